The summed E-state index contributed by atoms with van der Waals surface area (Å²) in [5.41, 5.74) is 5.71. The van der Waals surface area contributed by atoms with E-state index < -0.39 is 0 Å². The molecule has 0 bridgehead atoms. The van der Waals surface area contributed by atoms with E-state index in [1.807, 2.05) is 86.6 Å². The Morgan fingerprint density at radius 2 is 1.73 bits per heavy atom. The smallest absolute Gasteiger partial charge is 0.253 e. The van der Waals surface area contributed by atoms with Gasteiger partial charge in [-0.3, -0.25) is 4.79 Å². The van der Waals surface area contributed by atoms with Gasteiger partial charge in [-0.25, -0.2) is 5.43 Å². The van der Waals surface area contributed by atoms with E-state index >= 15 is 0 Å². The molecule has 0 saturated carbocycles. The average molecular weight is 439 g/mol. The quantitative estimate of drug-likeness (QED) is 0.272. The maximum atomic E-state index is 12.2. The molecule has 154 valence electrons. The maximum Gasteiger partial charge on any atom is 0.253 e. The van der Waals surface area contributed by atoms with Crippen LogP contribution in [0, 0.1) is 6.92 Å². The lowest BCUT2D eigenvalue weighted by molar-refractivity contribution is -0.120. The predicted octanol–water partition coefficient (Wildman–Crippen LogP) is 5.86. The molecule has 0 aliphatic rings. The van der Waals surface area contributed by atoms with Crippen LogP contribution in [-0.4, -0.2) is 17.4 Å². The van der Waals surface area contributed by atoms with Gasteiger partial charge in [-0.1, -0.05) is 41.4 Å². The van der Waals surface area contributed by atoms with E-state index in [0.29, 0.717) is 11.6 Å². The number of benzene rings is 3. The first-order valence-corrected chi connectivity index (χ1v) is 10.8. The molecule has 3 aromatic carbocycles. The Morgan fingerprint density at radius 1 is 1.07 bits per heavy atom. The van der Waals surface area contributed by atoms with Crippen LogP contribution in [0.2, 0.25) is 5.02 Å². The number of nitrogens with one attached hydrogen (secondary N) is 1. The second-order valence-electron chi connectivity index (χ2n) is 6.79. The molecule has 1 amide bonds. The highest BCUT2D eigenvalue weighted by atomic mass is 35.5. The molecule has 6 heteroatoms. The Balaban J connectivity index is 1.45. The number of nitrogens with zero attached hydrogens (tertiary/aromatic N) is 1. The van der Waals surface area contributed by atoms with Crippen molar-refractivity contribution >= 4 is 35.5 Å². The molecule has 0 heterocycles. The topological polar surface area (TPSA) is 50.7 Å². The molecule has 3 aromatic rings. The molecule has 30 heavy (non-hydrogen) atoms. The van der Waals surface area contributed by atoms with Crippen molar-refractivity contribution in [2.45, 2.75) is 30.6 Å². The van der Waals surface area contributed by atoms with Gasteiger partial charge >= 0.3 is 0 Å². The number of amides is 1. The van der Waals surface area contributed by atoms with E-state index in [-0.39, 0.29) is 11.2 Å². The fourth-order valence-electron chi connectivity index (χ4n) is 2.53. The van der Waals surface area contributed by atoms with Gasteiger partial charge in [0.15, 0.2) is 0 Å². The molecule has 3 rings (SSSR count). The monoisotopic (exact) mass is 438 g/mol. The van der Waals surface area contributed by atoms with Gasteiger partial charge in [0.2, 0.25) is 0 Å². The van der Waals surface area contributed by atoms with Gasteiger partial charge in [0, 0.05) is 9.92 Å². The Morgan fingerprint density at radius 3 is 2.40 bits per heavy atom. The third kappa shape index (κ3) is 6.94. The summed E-state index contributed by atoms with van der Waals surface area (Å²) in [6.45, 7) is 4.37. The van der Waals surface area contributed by atoms with Gasteiger partial charge < -0.3 is 4.74 Å². The fourth-order valence-corrected chi connectivity index (χ4v) is 3.52. The molecule has 4 nitrogen and oxygen atoms in total. The summed E-state index contributed by atoms with van der Waals surface area (Å²) in [5, 5.41) is 4.52. The Hall–Kier alpha value is -2.76. The summed E-state index contributed by atoms with van der Waals surface area (Å²) in [6, 6.07) is 23.2. The molecule has 0 unspecified atom stereocenters. The van der Waals surface area contributed by atoms with Crippen molar-refractivity contribution in [2.75, 3.05) is 0 Å². The highest BCUT2D eigenvalue weighted by Crippen LogP contribution is 2.23. The van der Waals surface area contributed by atoms with Crippen LogP contribution in [0.3, 0.4) is 0 Å². The lowest BCUT2D eigenvalue weighted by Gasteiger charge is -2.09. The summed E-state index contributed by atoms with van der Waals surface area (Å²) in [6.07, 6.45) is 1.62. The van der Waals surface area contributed by atoms with E-state index in [4.69, 9.17) is 16.3 Å². The second-order valence-corrected chi connectivity index (χ2v) is 8.64. The standard InChI is InChI=1S/C24H23ClN2O2S/c1-17-3-13-23(14-4-17)30-18(2)24(28)27-26-15-19-7-11-22(12-8-19)29-16-20-5-9-21(25)10-6-20/h3-15,18H,16H2,1-2H3,(H,27,28)/b26-15-/t18-/m1/s1. The van der Waals surface area contributed by atoms with Gasteiger partial charge in [0.05, 0.1) is 11.5 Å². The lowest BCUT2D eigenvalue weighted by Crippen LogP contribution is -2.26. The van der Waals surface area contributed by atoms with Crippen LogP contribution in [0.15, 0.2) is 82.8 Å². The van der Waals surface area contributed by atoms with Crippen molar-refractivity contribution in [3.05, 3.63) is 94.5 Å². The summed E-state index contributed by atoms with van der Waals surface area (Å²) in [7, 11) is 0. The van der Waals surface area contributed by atoms with Crippen molar-refractivity contribution in [3.63, 3.8) is 0 Å². The molecule has 0 saturated heterocycles. The molecule has 0 radical (unpaired) electrons. The first-order chi connectivity index (χ1) is 14.5. The van der Waals surface area contributed by atoms with Crippen LogP contribution < -0.4 is 10.2 Å². The van der Waals surface area contributed by atoms with Crippen molar-refractivity contribution < 1.29 is 9.53 Å². The van der Waals surface area contributed by atoms with Crippen molar-refractivity contribution in [3.8, 4) is 5.75 Å². The zero-order valence-electron chi connectivity index (χ0n) is 16.8. The third-order valence-electron chi connectivity index (χ3n) is 4.29. The van der Waals surface area contributed by atoms with Crippen LogP contribution in [0.5, 0.6) is 5.75 Å². The van der Waals surface area contributed by atoms with E-state index in [1.165, 1.54) is 17.3 Å². The fraction of sp³-hybridized carbons (Fsp3) is 0.167. The highest BCUT2D eigenvalue weighted by Gasteiger charge is 2.13. The predicted molar refractivity (Wildman–Crippen MR) is 124 cm³/mol. The number of hydrogen-bond acceptors (Lipinski definition) is 4. The SMILES string of the molecule is Cc1ccc(S[C@H](C)C(=O)N/N=C\c2ccc(OCc3ccc(Cl)cc3)cc2)cc1. The molecular formula is C24H23ClN2O2S. The third-order valence-corrected chi connectivity index (χ3v) is 5.65. The van der Waals surface area contributed by atoms with Crippen molar-refractivity contribution in [1.82, 2.24) is 5.43 Å². The van der Waals surface area contributed by atoms with Crippen LogP contribution in [0.4, 0.5) is 0 Å². The van der Waals surface area contributed by atoms with Gasteiger partial charge in [0.25, 0.3) is 5.91 Å². The molecule has 1 N–H and O–H groups in total. The van der Waals surface area contributed by atoms with Crippen LogP contribution in [-0.2, 0) is 11.4 Å². The number of hydrazone groups is 1. The number of hydrogen-bond donors (Lipinski definition) is 1. The number of halogens is 1. The van der Waals surface area contributed by atoms with Crippen LogP contribution in [0.1, 0.15) is 23.6 Å². The zero-order valence-corrected chi connectivity index (χ0v) is 18.4. The van der Waals surface area contributed by atoms with E-state index in [1.54, 1.807) is 6.21 Å². The van der Waals surface area contributed by atoms with Gasteiger partial charge in [-0.15, -0.1) is 11.8 Å². The van der Waals surface area contributed by atoms with E-state index in [0.717, 1.165) is 21.8 Å². The summed E-state index contributed by atoms with van der Waals surface area (Å²) in [5.74, 6) is 0.619. The Kier molecular flexibility index (Phi) is 7.94. The summed E-state index contributed by atoms with van der Waals surface area (Å²) in [4.78, 5) is 13.3. The maximum absolute atomic E-state index is 12.2. The average Bonchev–Trinajstić information content (AvgIpc) is 2.76. The van der Waals surface area contributed by atoms with Crippen molar-refractivity contribution in [2.24, 2.45) is 5.10 Å². The minimum Gasteiger partial charge on any atom is -0.489 e. The minimum absolute atomic E-state index is 0.139. The Bertz CT molecular complexity index is 987. The Labute approximate surface area is 186 Å². The summed E-state index contributed by atoms with van der Waals surface area (Å²) < 4.78 is 5.76. The summed E-state index contributed by atoms with van der Waals surface area (Å²) >= 11 is 7.39. The van der Waals surface area contributed by atoms with Gasteiger partial charge in [-0.05, 0) is 73.5 Å². The molecule has 0 spiro atoms. The van der Waals surface area contributed by atoms with E-state index in [2.05, 4.69) is 10.5 Å². The number of carbonyl (C=O) groups is 1. The number of rotatable bonds is 8. The first kappa shape index (κ1) is 21.9. The normalized spacial score (nSPS) is 12.0. The number of ether oxygens (including phenoxy) is 1. The molecule has 0 aromatic heterocycles. The number of carbonyl (C=O) groups excluding carboxylic acids is 1. The van der Waals surface area contributed by atoms with E-state index in [9.17, 15) is 4.79 Å². The van der Waals surface area contributed by atoms with Gasteiger partial charge in [-0.2, -0.15) is 5.10 Å². The molecule has 0 aliphatic heterocycles. The van der Waals surface area contributed by atoms with Gasteiger partial charge in [0.1, 0.15) is 12.4 Å². The zero-order chi connectivity index (χ0) is 21.3. The highest BCUT2D eigenvalue weighted by molar-refractivity contribution is 8.00. The van der Waals surface area contributed by atoms with Crippen molar-refractivity contribution in [1.29, 1.82) is 0 Å². The van der Waals surface area contributed by atoms with Crippen LogP contribution in [0.25, 0.3) is 0 Å². The number of aryl methyl sites for hydroxylation is 1. The molecule has 1 atom stereocenters. The number of thioether (sulfide) groups is 1. The second kappa shape index (κ2) is 10.9. The largest absolute Gasteiger partial charge is 0.489 e. The minimum atomic E-state index is -0.242. The van der Waals surface area contributed by atoms with Crippen LogP contribution >= 0.6 is 23.4 Å². The molecule has 0 aliphatic carbocycles. The first-order valence-electron chi connectivity index (χ1n) is 9.53. The molecular weight excluding hydrogens is 416 g/mol. The lowest BCUT2D eigenvalue weighted by atomic mass is 10.2. The molecule has 0 fully saturated rings.